The van der Waals surface area contributed by atoms with Crippen molar-refractivity contribution in [2.45, 2.75) is 45.1 Å². The number of hydrogen-bond donors (Lipinski definition) is 2. The van der Waals surface area contributed by atoms with Crippen LogP contribution in [0.25, 0.3) is 5.69 Å². The first-order valence-electron chi connectivity index (χ1n) is 12.0. The van der Waals surface area contributed by atoms with Crippen LogP contribution in [0.1, 0.15) is 43.2 Å². The molecule has 7 nitrogen and oxygen atoms in total. The van der Waals surface area contributed by atoms with Gasteiger partial charge < -0.3 is 14.8 Å². The number of carbonyl (C=O) groups is 1. The number of carbonyl (C=O) groups excluding carboxylic acids is 1. The molecule has 0 saturated heterocycles. The second-order valence-electron chi connectivity index (χ2n) is 8.80. The van der Waals surface area contributed by atoms with Crippen molar-refractivity contribution >= 4 is 11.8 Å². The molecule has 1 fully saturated rings. The van der Waals surface area contributed by atoms with E-state index >= 15 is 0 Å². The van der Waals surface area contributed by atoms with E-state index in [4.69, 9.17) is 9.47 Å². The van der Waals surface area contributed by atoms with Gasteiger partial charge in [0.05, 0.1) is 17.9 Å². The topological polar surface area (TPSA) is 77.4 Å². The van der Waals surface area contributed by atoms with E-state index in [0.717, 1.165) is 37.1 Å². The van der Waals surface area contributed by atoms with Crippen LogP contribution >= 0.6 is 0 Å². The molecule has 2 aromatic carbocycles. The molecule has 0 aliphatic heterocycles. The first kappa shape index (κ1) is 23.8. The van der Waals surface area contributed by atoms with Gasteiger partial charge in [-0.05, 0) is 56.7 Å². The lowest BCUT2D eigenvalue weighted by Crippen LogP contribution is -2.40. The van der Waals surface area contributed by atoms with Crippen LogP contribution in [-0.2, 0) is 4.74 Å². The first-order valence-corrected chi connectivity index (χ1v) is 12.0. The zero-order valence-corrected chi connectivity index (χ0v) is 20.2. The molecule has 1 aliphatic carbocycles. The minimum absolute atomic E-state index is 0.0454. The third-order valence-electron chi connectivity index (χ3n) is 6.53. The highest BCUT2D eigenvalue weighted by atomic mass is 16.5. The van der Waals surface area contributed by atoms with Crippen molar-refractivity contribution in [2.75, 3.05) is 25.6 Å². The summed E-state index contributed by atoms with van der Waals surface area (Å²) in [5, 5.41) is 10.9. The predicted molar refractivity (Wildman–Crippen MR) is 134 cm³/mol. The van der Waals surface area contributed by atoms with E-state index < -0.39 is 0 Å². The number of methoxy groups -OCH3 is 1. The number of rotatable bonds is 9. The van der Waals surface area contributed by atoms with Crippen LogP contribution in [0.3, 0.4) is 0 Å². The summed E-state index contributed by atoms with van der Waals surface area (Å²) in [6, 6.07) is 20.0. The number of benzene rings is 2. The Morgan fingerprint density at radius 2 is 1.79 bits per heavy atom. The number of anilines is 1. The quantitative estimate of drug-likeness (QED) is 0.452. The lowest BCUT2D eigenvalue weighted by Gasteiger charge is -2.22. The molecule has 0 radical (unpaired) electrons. The molecule has 7 heteroatoms. The fraction of sp³-hybridized carbons (Fsp3) is 0.407. The first-order chi connectivity index (χ1) is 16.6. The number of urea groups is 1. The van der Waals surface area contributed by atoms with Crippen molar-refractivity contribution in [1.82, 2.24) is 15.1 Å². The molecule has 1 aromatic heterocycles. The summed E-state index contributed by atoms with van der Waals surface area (Å²) >= 11 is 0. The van der Waals surface area contributed by atoms with Gasteiger partial charge in [-0.2, -0.15) is 0 Å². The van der Waals surface area contributed by atoms with Gasteiger partial charge >= 0.3 is 6.03 Å². The highest BCUT2D eigenvalue weighted by Crippen LogP contribution is 2.40. The Kier molecular flexibility index (Phi) is 7.85. The van der Waals surface area contributed by atoms with Gasteiger partial charge in [-0.15, -0.1) is 5.10 Å². The van der Waals surface area contributed by atoms with Gasteiger partial charge in [0.25, 0.3) is 0 Å². The number of ether oxygens (including phenoxy) is 2. The maximum absolute atomic E-state index is 13.2. The van der Waals surface area contributed by atoms with Gasteiger partial charge in [-0.25, -0.2) is 9.48 Å². The molecule has 1 saturated carbocycles. The van der Waals surface area contributed by atoms with Gasteiger partial charge in [-0.3, -0.25) is 5.32 Å². The maximum atomic E-state index is 13.2. The standard InChI is InChI=1S/C27H34N4O3/c1-4-34-26-19(2)25(31(30-26)22-13-9-6-10-14-22)29-27(32)28-24-18-20(15-16-33-3)17-23(24)21-11-7-5-8-12-21/h5-14,20,23-24H,4,15-18H2,1-3H3,(H2,28,29,32)/t20-,23-,24+/m0/s1. The zero-order chi connectivity index (χ0) is 23.9. The lowest BCUT2D eigenvalue weighted by atomic mass is 9.93. The lowest BCUT2D eigenvalue weighted by molar-refractivity contribution is 0.177. The van der Waals surface area contributed by atoms with E-state index in [9.17, 15) is 4.79 Å². The van der Waals surface area contributed by atoms with E-state index in [1.807, 2.05) is 50.2 Å². The molecule has 180 valence electrons. The third kappa shape index (κ3) is 5.42. The average molecular weight is 463 g/mol. The van der Waals surface area contributed by atoms with Crippen LogP contribution in [0.4, 0.5) is 10.6 Å². The molecule has 0 unspecified atom stereocenters. The number of para-hydroxylation sites is 1. The summed E-state index contributed by atoms with van der Waals surface area (Å²) in [5.74, 6) is 1.91. The Morgan fingerprint density at radius 3 is 2.47 bits per heavy atom. The van der Waals surface area contributed by atoms with Crippen LogP contribution in [0.2, 0.25) is 0 Å². The fourth-order valence-electron chi connectivity index (χ4n) is 4.86. The van der Waals surface area contributed by atoms with Crippen LogP contribution in [0, 0.1) is 12.8 Å². The Hall–Kier alpha value is -3.32. The Balaban J connectivity index is 1.54. The molecular weight excluding hydrogens is 428 g/mol. The molecule has 0 bridgehead atoms. The molecular formula is C27H34N4O3. The van der Waals surface area contributed by atoms with Crippen molar-refractivity contribution in [1.29, 1.82) is 0 Å². The molecule has 0 spiro atoms. The van der Waals surface area contributed by atoms with Crippen LogP contribution in [-0.4, -0.2) is 42.2 Å². The van der Waals surface area contributed by atoms with E-state index in [-0.39, 0.29) is 18.0 Å². The number of nitrogens with zero attached hydrogens (tertiary/aromatic N) is 2. The van der Waals surface area contributed by atoms with Crippen LogP contribution in [0.15, 0.2) is 60.7 Å². The summed E-state index contributed by atoms with van der Waals surface area (Å²) in [4.78, 5) is 13.2. The summed E-state index contributed by atoms with van der Waals surface area (Å²) in [6.45, 7) is 5.07. The van der Waals surface area contributed by atoms with Crippen molar-refractivity contribution in [2.24, 2.45) is 5.92 Å². The second-order valence-corrected chi connectivity index (χ2v) is 8.80. The number of amides is 2. The number of aromatic nitrogens is 2. The van der Waals surface area contributed by atoms with Gasteiger partial charge in [0.1, 0.15) is 5.82 Å². The molecule has 3 aromatic rings. The second kappa shape index (κ2) is 11.2. The Bertz CT molecular complexity index is 1070. The molecule has 2 N–H and O–H groups in total. The van der Waals surface area contributed by atoms with Crippen molar-refractivity contribution in [3.8, 4) is 11.6 Å². The molecule has 34 heavy (non-hydrogen) atoms. The summed E-state index contributed by atoms with van der Waals surface area (Å²) in [5.41, 5.74) is 2.91. The Labute approximate surface area is 201 Å². The number of nitrogens with one attached hydrogen (secondary N) is 2. The maximum Gasteiger partial charge on any atom is 0.320 e. The van der Waals surface area contributed by atoms with E-state index in [1.165, 1.54) is 5.56 Å². The zero-order valence-electron chi connectivity index (χ0n) is 20.2. The van der Waals surface area contributed by atoms with E-state index in [0.29, 0.717) is 24.2 Å². The summed E-state index contributed by atoms with van der Waals surface area (Å²) in [7, 11) is 1.74. The molecule has 4 rings (SSSR count). The SMILES string of the molecule is CCOc1nn(-c2ccccc2)c(NC(=O)N[C@@H]2C[C@@H](CCOC)C[C@H]2c2ccccc2)c1C. The van der Waals surface area contributed by atoms with Gasteiger partial charge in [0.15, 0.2) is 0 Å². The van der Waals surface area contributed by atoms with E-state index in [1.54, 1.807) is 11.8 Å². The van der Waals surface area contributed by atoms with Crippen molar-refractivity contribution in [3.63, 3.8) is 0 Å². The van der Waals surface area contributed by atoms with Gasteiger partial charge in [0.2, 0.25) is 5.88 Å². The van der Waals surface area contributed by atoms with Gasteiger partial charge in [-0.1, -0.05) is 48.5 Å². The molecule has 3 atom stereocenters. The Morgan fingerprint density at radius 1 is 1.09 bits per heavy atom. The van der Waals surface area contributed by atoms with Crippen molar-refractivity contribution < 1.29 is 14.3 Å². The third-order valence-corrected chi connectivity index (χ3v) is 6.53. The van der Waals surface area contributed by atoms with Crippen LogP contribution in [0.5, 0.6) is 5.88 Å². The van der Waals surface area contributed by atoms with Crippen molar-refractivity contribution in [3.05, 3.63) is 71.8 Å². The predicted octanol–water partition coefficient (Wildman–Crippen LogP) is 5.30. The average Bonchev–Trinajstić information content (AvgIpc) is 3.40. The smallest absolute Gasteiger partial charge is 0.320 e. The highest BCUT2D eigenvalue weighted by molar-refractivity contribution is 5.90. The van der Waals surface area contributed by atoms with E-state index in [2.05, 4.69) is 40.0 Å². The monoisotopic (exact) mass is 462 g/mol. The largest absolute Gasteiger partial charge is 0.477 e. The van der Waals surface area contributed by atoms with Gasteiger partial charge in [0, 0.05) is 25.7 Å². The molecule has 1 heterocycles. The van der Waals surface area contributed by atoms with Crippen LogP contribution < -0.4 is 15.4 Å². The fourth-order valence-corrected chi connectivity index (χ4v) is 4.86. The normalized spacial score (nSPS) is 19.7. The summed E-state index contributed by atoms with van der Waals surface area (Å²) in [6.07, 6.45) is 2.96. The molecule has 2 amide bonds. The number of hydrogen-bond acceptors (Lipinski definition) is 4. The summed E-state index contributed by atoms with van der Waals surface area (Å²) < 4.78 is 12.7. The minimum atomic E-state index is -0.235. The minimum Gasteiger partial charge on any atom is -0.477 e. The molecule has 1 aliphatic rings. The highest BCUT2D eigenvalue weighted by Gasteiger charge is 2.36.